The predicted molar refractivity (Wildman–Crippen MR) is 137 cm³/mol. The fourth-order valence-electron chi connectivity index (χ4n) is 5.98. The van der Waals surface area contributed by atoms with E-state index in [1.54, 1.807) is 12.1 Å². The van der Waals surface area contributed by atoms with Crippen molar-refractivity contribution in [2.45, 2.75) is 15.2 Å². The number of aromatic carboxylic acids is 4. The van der Waals surface area contributed by atoms with E-state index in [4.69, 9.17) is 0 Å². The van der Waals surface area contributed by atoms with Gasteiger partial charge in [-0.25, -0.2) is 27.6 Å². The zero-order valence-electron chi connectivity index (χ0n) is 20.1. The van der Waals surface area contributed by atoms with E-state index >= 15 is 0 Å². The topological polar surface area (TPSA) is 183 Å². The molecule has 6 rings (SSSR count). The molecule has 4 aromatic carbocycles. The number of carbonyl (C=O) groups is 4. The van der Waals surface area contributed by atoms with Crippen molar-refractivity contribution in [2.24, 2.45) is 0 Å². The first-order valence-electron chi connectivity index (χ1n) is 11.7. The molecule has 1 heterocycles. The van der Waals surface area contributed by atoms with Crippen LogP contribution in [0.5, 0.6) is 0 Å². The number of hydrogen-bond acceptors (Lipinski definition) is 6. The van der Waals surface area contributed by atoms with Crippen molar-refractivity contribution in [1.29, 1.82) is 0 Å². The maximum absolute atomic E-state index is 13.8. The second-order valence-electron chi connectivity index (χ2n) is 9.35. The van der Waals surface area contributed by atoms with Crippen LogP contribution in [0.2, 0.25) is 0 Å². The standard InChI is InChI=1S/C29H16O10S/c30-25(31)15-9-13-14-10-16(26(32)33)18(28(36)37)12-22(14)29(21(13)11-17(15)27(34)35)19-5-1-3-7-23(19)40(38,39)24-8-4-2-6-20(24)29/h1-12H,(H,30,31)(H,32,33)(H,34,35)(H,36,37). The second-order valence-corrected chi connectivity index (χ2v) is 11.2. The zero-order valence-corrected chi connectivity index (χ0v) is 20.9. The van der Waals surface area contributed by atoms with Gasteiger partial charge in [0.2, 0.25) is 9.84 Å². The summed E-state index contributed by atoms with van der Waals surface area (Å²) < 4.78 is 27.5. The Bertz CT molecular complexity index is 1850. The van der Waals surface area contributed by atoms with Crippen LogP contribution in [-0.4, -0.2) is 52.7 Å². The Morgan fingerprint density at radius 1 is 0.500 bits per heavy atom. The highest BCUT2D eigenvalue weighted by atomic mass is 32.2. The molecule has 0 saturated heterocycles. The molecule has 2 aliphatic rings. The molecule has 40 heavy (non-hydrogen) atoms. The number of carboxylic acids is 4. The first kappa shape index (κ1) is 25.0. The third-order valence-electron chi connectivity index (χ3n) is 7.50. The minimum Gasteiger partial charge on any atom is -0.478 e. The summed E-state index contributed by atoms with van der Waals surface area (Å²) in [6, 6.07) is 16.5. The van der Waals surface area contributed by atoms with Gasteiger partial charge >= 0.3 is 23.9 Å². The van der Waals surface area contributed by atoms with E-state index in [2.05, 4.69) is 0 Å². The van der Waals surface area contributed by atoms with Crippen LogP contribution in [0, 0.1) is 0 Å². The minimum absolute atomic E-state index is 0.106. The molecule has 0 atom stereocenters. The summed E-state index contributed by atoms with van der Waals surface area (Å²) >= 11 is 0. The van der Waals surface area contributed by atoms with E-state index in [9.17, 15) is 48.0 Å². The maximum Gasteiger partial charge on any atom is 0.336 e. The van der Waals surface area contributed by atoms with E-state index in [1.807, 2.05) is 0 Å². The Labute approximate surface area is 225 Å². The summed E-state index contributed by atoms with van der Waals surface area (Å²) in [4.78, 5) is 48.4. The lowest BCUT2D eigenvalue weighted by molar-refractivity contribution is 0.0651. The van der Waals surface area contributed by atoms with E-state index in [0.29, 0.717) is 0 Å². The first-order chi connectivity index (χ1) is 18.9. The Hall–Kier alpha value is -5.29. The van der Waals surface area contributed by atoms with Gasteiger partial charge in [0, 0.05) is 0 Å². The summed E-state index contributed by atoms with van der Waals surface area (Å²) in [5, 5.41) is 39.5. The van der Waals surface area contributed by atoms with Gasteiger partial charge in [0.05, 0.1) is 37.5 Å². The molecule has 0 radical (unpaired) electrons. The number of hydrogen-bond donors (Lipinski definition) is 4. The molecule has 11 heteroatoms. The molecule has 1 aliphatic heterocycles. The molecule has 0 amide bonds. The lowest BCUT2D eigenvalue weighted by Crippen LogP contribution is -2.36. The fourth-order valence-corrected chi connectivity index (χ4v) is 7.76. The van der Waals surface area contributed by atoms with Gasteiger partial charge in [-0.05, 0) is 69.8 Å². The zero-order chi connectivity index (χ0) is 28.7. The summed E-state index contributed by atoms with van der Waals surface area (Å²) in [6.07, 6.45) is 0. The van der Waals surface area contributed by atoms with Gasteiger partial charge in [-0.15, -0.1) is 0 Å². The minimum atomic E-state index is -4.09. The molecule has 4 N–H and O–H groups in total. The highest BCUT2D eigenvalue weighted by Crippen LogP contribution is 2.61. The van der Waals surface area contributed by atoms with Gasteiger partial charge in [0.15, 0.2) is 0 Å². The molecule has 1 aliphatic carbocycles. The van der Waals surface area contributed by atoms with Crippen LogP contribution in [-0.2, 0) is 15.3 Å². The van der Waals surface area contributed by atoms with Gasteiger partial charge < -0.3 is 20.4 Å². The quantitative estimate of drug-likeness (QED) is 0.248. The molecule has 0 bridgehead atoms. The van der Waals surface area contributed by atoms with Crippen LogP contribution in [0.15, 0.2) is 82.6 Å². The van der Waals surface area contributed by atoms with Crippen molar-refractivity contribution in [3.05, 3.63) is 117 Å². The number of fused-ring (bicyclic) bond motifs is 9. The van der Waals surface area contributed by atoms with Crippen LogP contribution < -0.4 is 0 Å². The van der Waals surface area contributed by atoms with Crippen LogP contribution in [0.3, 0.4) is 0 Å². The Morgan fingerprint density at radius 2 is 0.825 bits per heavy atom. The van der Waals surface area contributed by atoms with Gasteiger partial charge in [-0.3, -0.25) is 0 Å². The normalized spacial score (nSPS) is 14.9. The average Bonchev–Trinajstić information content (AvgIpc) is 3.20. The monoisotopic (exact) mass is 556 g/mol. The Balaban J connectivity index is 1.92. The number of carboxylic acid groups (broad SMARTS) is 4. The molecular weight excluding hydrogens is 540 g/mol. The molecule has 4 aromatic rings. The Kier molecular flexibility index (Phi) is 5.07. The SMILES string of the molecule is O=C(O)c1cc2c(cc1C(=O)O)C1(c3cc(C(=O)O)c(C(=O)O)cc3-2)c2ccccc2S(=O)(=O)c2ccccc21. The highest BCUT2D eigenvalue weighted by molar-refractivity contribution is 7.91. The van der Waals surface area contributed by atoms with Gasteiger partial charge in [0.25, 0.3) is 0 Å². The highest BCUT2D eigenvalue weighted by Gasteiger charge is 2.54. The van der Waals surface area contributed by atoms with E-state index < -0.39 is 61.4 Å². The Morgan fingerprint density at radius 3 is 1.18 bits per heavy atom. The average molecular weight is 557 g/mol. The first-order valence-corrected chi connectivity index (χ1v) is 13.1. The fraction of sp³-hybridized carbons (Fsp3) is 0.0345. The van der Waals surface area contributed by atoms with Crippen molar-refractivity contribution in [3.63, 3.8) is 0 Å². The van der Waals surface area contributed by atoms with Crippen LogP contribution in [0.4, 0.5) is 0 Å². The van der Waals surface area contributed by atoms with Crippen LogP contribution in [0.1, 0.15) is 63.7 Å². The molecule has 0 unspecified atom stereocenters. The van der Waals surface area contributed by atoms with Crippen molar-refractivity contribution in [1.82, 2.24) is 0 Å². The molecular formula is C29H16O10S. The summed E-state index contributed by atoms with van der Waals surface area (Å²) in [6.45, 7) is 0. The number of sulfone groups is 1. The maximum atomic E-state index is 13.8. The van der Waals surface area contributed by atoms with E-state index in [-0.39, 0.29) is 43.2 Å². The van der Waals surface area contributed by atoms with Crippen molar-refractivity contribution >= 4 is 33.7 Å². The molecule has 10 nitrogen and oxygen atoms in total. The van der Waals surface area contributed by atoms with Crippen LogP contribution >= 0.6 is 0 Å². The summed E-state index contributed by atoms with van der Waals surface area (Å²) in [7, 11) is -4.09. The molecule has 0 aromatic heterocycles. The smallest absolute Gasteiger partial charge is 0.336 e. The number of benzene rings is 4. The van der Waals surface area contributed by atoms with E-state index in [0.717, 1.165) is 24.3 Å². The van der Waals surface area contributed by atoms with E-state index in [1.165, 1.54) is 36.4 Å². The molecule has 198 valence electrons. The lowest BCUT2D eigenvalue weighted by Gasteiger charge is -2.39. The molecule has 0 saturated carbocycles. The third kappa shape index (κ3) is 3.00. The largest absolute Gasteiger partial charge is 0.478 e. The predicted octanol–water partition coefficient (Wildman–Crippen LogP) is 3.99. The summed E-state index contributed by atoms with van der Waals surface area (Å²) in [5.74, 6) is -6.19. The van der Waals surface area contributed by atoms with Gasteiger partial charge in [-0.2, -0.15) is 0 Å². The van der Waals surface area contributed by atoms with Crippen molar-refractivity contribution < 1.29 is 48.0 Å². The van der Waals surface area contributed by atoms with Crippen LogP contribution in [0.25, 0.3) is 11.1 Å². The molecule has 1 spiro atoms. The van der Waals surface area contributed by atoms with Gasteiger partial charge in [-0.1, -0.05) is 36.4 Å². The molecule has 0 fully saturated rings. The summed E-state index contributed by atoms with van der Waals surface area (Å²) in [5.41, 5.74) is -2.89. The number of rotatable bonds is 4. The van der Waals surface area contributed by atoms with Crippen molar-refractivity contribution in [2.75, 3.05) is 0 Å². The second kappa shape index (κ2) is 8.10. The van der Waals surface area contributed by atoms with Crippen molar-refractivity contribution in [3.8, 4) is 11.1 Å². The lowest BCUT2D eigenvalue weighted by atomic mass is 9.66. The van der Waals surface area contributed by atoms with Gasteiger partial charge in [0.1, 0.15) is 0 Å². The third-order valence-corrected chi connectivity index (χ3v) is 9.37.